The second kappa shape index (κ2) is 6.73. The Labute approximate surface area is 159 Å². The molecule has 1 aliphatic carbocycles. The molecule has 1 aromatic heterocycles. The van der Waals surface area contributed by atoms with Gasteiger partial charge >= 0.3 is 6.18 Å². The molecule has 0 spiro atoms. The third kappa shape index (κ3) is 3.73. The number of aromatic nitrogens is 2. The Kier molecular flexibility index (Phi) is 4.62. The third-order valence-electron chi connectivity index (χ3n) is 5.45. The summed E-state index contributed by atoms with van der Waals surface area (Å²) in [7, 11) is 0. The van der Waals surface area contributed by atoms with Gasteiger partial charge in [0.25, 0.3) is 0 Å². The van der Waals surface area contributed by atoms with Gasteiger partial charge in [-0.1, -0.05) is 0 Å². The molecular formula is C19H22F3N3O3. The van der Waals surface area contributed by atoms with Crippen LogP contribution in [0.3, 0.4) is 0 Å². The highest BCUT2D eigenvalue weighted by Gasteiger charge is 2.42. The number of nitrogens with one attached hydrogen (secondary N) is 1. The van der Waals surface area contributed by atoms with E-state index in [2.05, 4.69) is 10.3 Å². The molecule has 1 atom stereocenters. The largest absolute Gasteiger partial charge is 0.492 e. The van der Waals surface area contributed by atoms with Crippen LogP contribution in [-0.4, -0.2) is 45.2 Å². The summed E-state index contributed by atoms with van der Waals surface area (Å²) < 4.78 is 48.3. The van der Waals surface area contributed by atoms with Crippen LogP contribution in [0.4, 0.5) is 13.2 Å². The maximum absolute atomic E-state index is 13.7. The minimum Gasteiger partial charge on any atom is -0.492 e. The molecular weight excluding hydrogens is 375 g/mol. The summed E-state index contributed by atoms with van der Waals surface area (Å²) in [6.07, 6.45) is -1.63. The lowest BCUT2D eigenvalue weighted by Crippen LogP contribution is -2.42. The highest BCUT2D eigenvalue weighted by molar-refractivity contribution is 5.82. The SMILES string of the molecule is CC1(O)CC(n2cnc3cc(OC[C@@H]4CC(=O)CCN4)cc(C(F)(F)F)c32)C1. The number of piperidine rings is 1. The molecule has 1 saturated carbocycles. The Balaban J connectivity index is 1.62. The standard InChI is InChI=1S/C19H22F3N3O3/c1-18(27)7-12(8-18)25-10-24-16-6-14(5-15(17(16)25)19(20,21)22)28-9-11-4-13(26)2-3-23-11/h5-6,10-12,23,27H,2-4,7-9H2,1H3/t11-,12?,18?/m0/s1. The van der Waals surface area contributed by atoms with E-state index in [1.165, 1.54) is 17.0 Å². The number of ether oxygens (including phenoxy) is 1. The van der Waals surface area contributed by atoms with Crippen molar-refractivity contribution in [3.8, 4) is 5.75 Å². The van der Waals surface area contributed by atoms with E-state index < -0.39 is 17.3 Å². The highest BCUT2D eigenvalue weighted by Crippen LogP contribution is 2.45. The van der Waals surface area contributed by atoms with E-state index in [1.807, 2.05) is 0 Å². The van der Waals surface area contributed by atoms with Gasteiger partial charge in [0.1, 0.15) is 18.1 Å². The number of hydrogen-bond donors (Lipinski definition) is 2. The fourth-order valence-electron chi connectivity index (χ4n) is 4.05. The number of aliphatic hydroxyl groups is 1. The first kappa shape index (κ1) is 19.2. The zero-order valence-corrected chi connectivity index (χ0v) is 15.4. The molecule has 1 saturated heterocycles. The summed E-state index contributed by atoms with van der Waals surface area (Å²) in [4.78, 5) is 15.7. The second-order valence-corrected chi connectivity index (χ2v) is 8.00. The lowest BCUT2D eigenvalue weighted by molar-refractivity contribution is -0.136. The van der Waals surface area contributed by atoms with Crippen molar-refractivity contribution in [2.45, 2.75) is 56.5 Å². The summed E-state index contributed by atoms with van der Waals surface area (Å²) in [6.45, 7) is 2.33. The zero-order chi connectivity index (χ0) is 20.1. The molecule has 0 bridgehead atoms. The predicted molar refractivity (Wildman–Crippen MR) is 95.2 cm³/mol. The van der Waals surface area contributed by atoms with Gasteiger partial charge in [0, 0.05) is 37.5 Å². The summed E-state index contributed by atoms with van der Waals surface area (Å²) in [5.74, 6) is 0.194. The first-order valence-electron chi connectivity index (χ1n) is 9.30. The van der Waals surface area contributed by atoms with E-state index in [-0.39, 0.29) is 41.3 Å². The first-order chi connectivity index (χ1) is 13.1. The first-order valence-corrected chi connectivity index (χ1v) is 9.30. The number of hydrogen-bond acceptors (Lipinski definition) is 5. The van der Waals surface area contributed by atoms with Crippen LogP contribution >= 0.6 is 0 Å². The number of ketones is 1. The van der Waals surface area contributed by atoms with Crippen LogP contribution in [0.25, 0.3) is 11.0 Å². The number of fused-ring (bicyclic) bond motifs is 1. The normalized spacial score (nSPS) is 28.4. The number of Topliss-reactive ketones (excluding diaryl/α,β-unsaturated/α-hetero) is 1. The van der Waals surface area contributed by atoms with Crippen LogP contribution in [0, 0.1) is 0 Å². The number of benzene rings is 1. The Morgan fingerprint density at radius 2 is 2.14 bits per heavy atom. The maximum atomic E-state index is 13.7. The number of carbonyl (C=O) groups is 1. The molecule has 9 heteroatoms. The molecule has 1 aliphatic heterocycles. The van der Waals surface area contributed by atoms with Crippen LogP contribution in [0.1, 0.15) is 44.2 Å². The predicted octanol–water partition coefficient (Wildman–Crippen LogP) is 2.84. The number of halogens is 3. The lowest BCUT2D eigenvalue weighted by Gasteiger charge is -2.41. The quantitative estimate of drug-likeness (QED) is 0.830. The molecule has 0 radical (unpaired) electrons. The highest BCUT2D eigenvalue weighted by atomic mass is 19.4. The van der Waals surface area contributed by atoms with Crippen LogP contribution in [0.15, 0.2) is 18.5 Å². The van der Waals surface area contributed by atoms with Gasteiger partial charge in [-0.15, -0.1) is 0 Å². The van der Waals surface area contributed by atoms with Crippen molar-refractivity contribution in [3.05, 3.63) is 24.0 Å². The van der Waals surface area contributed by atoms with Gasteiger partial charge in [0.15, 0.2) is 0 Å². The molecule has 1 aromatic carbocycles. The summed E-state index contributed by atoms with van der Waals surface area (Å²) >= 11 is 0. The van der Waals surface area contributed by atoms with Crippen molar-refractivity contribution in [1.82, 2.24) is 14.9 Å². The van der Waals surface area contributed by atoms with E-state index >= 15 is 0 Å². The second-order valence-electron chi connectivity index (χ2n) is 8.00. The molecule has 2 N–H and O–H groups in total. The number of imidazole rings is 1. The Bertz CT molecular complexity index is 899. The Hall–Kier alpha value is -2.13. The molecule has 0 amide bonds. The van der Waals surface area contributed by atoms with Crippen LogP contribution < -0.4 is 10.1 Å². The molecule has 2 aromatic rings. The van der Waals surface area contributed by atoms with E-state index in [4.69, 9.17) is 4.74 Å². The smallest absolute Gasteiger partial charge is 0.418 e. The lowest BCUT2D eigenvalue weighted by atomic mass is 9.77. The topological polar surface area (TPSA) is 76.4 Å². The molecule has 2 aliphatic rings. The Morgan fingerprint density at radius 3 is 2.79 bits per heavy atom. The van der Waals surface area contributed by atoms with E-state index in [0.29, 0.717) is 32.2 Å². The average molecular weight is 397 g/mol. The average Bonchev–Trinajstić information content (AvgIpc) is 2.99. The van der Waals surface area contributed by atoms with Gasteiger partial charge in [0.2, 0.25) is 0 Å². The third-order valence-corrected chi connectivity index (χ3v) is 5.45. The molecule has 28 heavy (non-hydrogen) atoms. The molecule has 4 rings (SSSR count). The van der Waals surface area contributed by atoms with Crippen LogP contribution in [-0.2, 0) is 11.0 Å². The van der Waals surface area contributed by atoms with E-state index in [9.17, 15) is 23.1 Å². The van der Waals surface area contributed by atoms with Gasteiger partial charge < -0.3 is 19.7 Å². The fraction of sp³-hybridized carbons (Fsp3) is 0.579. The van der Waals surface area contributed by atoms with Crippen molar-refractivity contribution in [2.24, 2.45) is 0 Å². The van der Waals surface area contributed by atoms with Crippen molar-refractivity contribution in [3.63, 3.8) is 0 Å². The van der Waals surface area contributed by atoms with Crippen molar-refractivity contribution in [2.75, 3.05) is 13.2 Å². The van der Waals surface area contributed by atoms with Crippen molar-refractivity contribution >= 4 is 16.8 Å². The van der Waals surface area contributed by atoms with Crippen LogP contribution in [0.2, 0.25) is 0 Å². The number of rotatable bonds is 4. The molecule has 2 heterocycles. The summed E-state index contributed by atoms with van der Waals surface area (Å²) in [5.41, 5.74) is -1.46. The van der Waals surface area contributed by atoms with Crippen LogP contribution in [0.5, 0.6) is 5.75 Å². The number of alkyl halides is 3. The van der Waals surface area contributed by atoms with Crippen molar-refractivity contribution < 1.29 is 27.8 Å². The molecule has 0 unspecified atom stereocenters. The summed E-state index contributed by atoms with van der Waals surface area (Å²) in [6, 6.07) is 2.05. The Morgan fingerprint density at radius 1 is 1.39 bits per heavy atom. The fourth-order valence-corrected chi connectivity index (χ4v) is 4.05. The van der Waals surface area contributed by atoms with Gasteiger partial charge in [-0.05, 0) is 25.8 Å². The maximum Gasteiger partial charge on any atom is 0.418 e. The minimum absolute atomic E-state index is 0.00585. The van der Waals surface area contributed by atoms with Gasteiger partial charge in [-0.25, -0.2) is 4.98 Å². The monoisotopic (exact) mass is 397 g/mol. The molecule has 152 valence electrons. The minimum atomic E-state index is -4.57. The van der Waals surface area contributed by atoms with Crippen molar-refractivity contribution in [1.29, 1.82) is 0 Å². The van der Waals surface area contributed by atoms with E-state index in [1.54, 1.807) is 6.92 Å². The molecule has 2 fully saturated rings. The summed E-state index contributed by atoms with van der Waals surface area (Å²) in [5, 5.41) is 13.1. The van der Waals surface area contributed by atoms with Gasteiger partial charge in [-0.3, -0.25) is 4.79 Å². The number of carbonyl (C=O) groups excluding carboxylic acids is 1. The van der Waals surface area contributed by atoms with Gasteiger partial charge in [0.05, 0.1) is 28.5 Å². The molecule has 6 nitrogen and oxygen atoms in total. The zero-order valence-electron chi connectivity index (χ0n) is 15.4. The van der Waals surface area contributed by atoms with Gasteiger partial charge in [-0.2, -0.15) is 13.2 Å². The number of nitrogens with zero attached hydrogens (tertiary/aromatic N) is 2. The van der Waals surface area contributed by atoms with E-state index in [0.717, 1.165) is 6.07 Å².